The lowest BCUT2D eigenvalue weighted by Crippen LogP contribution is -2.42. The number of nitrogens with zero attached hydrogens (tertiary/aromatic N) is 1. The maximum Gasteiger partial charge on any atom is 0.410 e. The van der Waals surface area contributed by atoms with Crippen molar-refractivity contribution in [2.75, 3.05) is 19.7 Å². The van der Waals surface area contributed by atoms with Gasteiger partial charge in [-0.1, -0.05) is 12.1 Å². The second kappa shape index (κ2) is 8.72. The summed E-state index contributed by atoms with van der Waals surface area (Å²) in [6, 6.07) is 11.2. The molecule has 0 aromatic heterocycles. The summed E-state index contributed by atoms with van der Waals surface area (Å²) in [4.78, 5) is 13.9. The lowest BCUT2D eigenvalue weighted by atomic mass is 9.98. The van der Waals surface area contributed by atoms with E-state index in [2.05, 4.69) is 0 Å². The van der Waals surface area contributed by atoms with Crippen molar-refractivity contribution in [3.05, 3.63) is 48.3 Å². The topological polar surface area (TPSA) is 59.0 Å². The van der Waals surface area contributed by atoms with Gasteiger partial charge in [-0.3, -0.25) is 0 Å². The average molecular weight is 401 g/mol. The number of phenols is 1. The summed E-state index contributed by atoms with van der Waals surface area (Å²) >= 11 is 0. The molecule has 1 aliphatic rings. The number of benzene rings is 2. The predicted molar refractivity (Wildman–Crippen MR) is 110 cm³/mol. The number of ether oxygens (including phenoxy) is 2. The van der Waals surface area contributed by atoms with Crippen LogP contribution in [0.5, 0.6) is 11.5 Å². The minimum atomic E-state index is -0.493. The van der Waals surface area contributed by atoms with Crippen molar-refractivity contribution < 1.29 is 23.8 Å². The van der Waals surface area contributed by atoms with E-state index in [4.69, 9.17) is 9.47 Å². The Morgan fingerprint density at radius 2 is 1.79 bits per heavy atom. The number of rotatable bonds is 4. The standard InChI is InChI=1S/C23H28FNO4/c1-23(2,3)29-22(27)25-12-10-16(11-13-25)15-28-19-8-9-20(21(24)14-19)17-4-6-18(26)7-5-17/h4-9,14,16,26H,10-13,15H2,1-3H3. The molecule has 0 spiro atoms. The Balaban J connectivity index is 1.50. The van der Waals surface area contributed by atoms with E-state index in [0.717, 1.165) is 12.8 Å². The molecule has 0 atom stereocenters. The minimum Gasteiger partial charge on any atom is -0.508 e. The molecule has 1 N–H and O–H groups in total. The van der Waals surface area contributed by atoms with Crippen LogP contribution in [0.4, 0.5) is 9.18 Å². The molecule has 0 bridgehead atoms. The van der Waals surface area contributed by atoms with E-state index in [1.54, 1.807) is 29.2 Å². The molecule has 1 fully saturated rings. The van der Waals surface area contributed by atoms with Gasteiger partial charge in [-0.25, -0.2) is 9.18 Å². The maximum absolute atomic E-state index is 14.5. The SMILES string of the molecule is CC(C)(C)OC(=O)N1CCC(COc2ccc(-c3ccc(O)cc3)c(F)c2)CC1. The first-order valence-corrected chi connectivity index (χ1v) is 9.91. The lowest BCUT2D eigenvalue weighted by molar-refractivity contribution is 0.0165. The number of aromatic hydroxyl groups is 1. The zero-order valence-corrected chi connectivity index (χ0v) is 17.2. The van der Waals surface area contributed by atoms with E-state index in [1.165, 1.54) is 18.2 Å². The van der Waals surface area contributed by atoms with Gasteiger partial charge in [0, 0.05) is 24.7 Å². The lowest BCUT2D eigenvalue weighted by Gasteiger charge is -2.33. The summed E-state index contributed by atoms with van der Waals surface area (Å²) in [5.41, 5.74) is 0.664. The predicted octanol–water partition coefficient (Wildman–Crippen LogP) is 5.22. The van der Waals surface area contributed by atoms with E-state index >= 15 is 0 Å². The summed E-state index contributed by atoms with van der Waals surface area (Å²) in [6.45, 7) is 7.33. The molecule has 0 unspecified atom stereocenters. The Morgan fingerprint density at radius 3 is 2.38 bits per heavy atom. The number of hydrogen-bond acceptors (Lipinski definition) is 4. The van der Waals surface area contributed by atoms with Crippen molar-refractivity contribution in [1.29, 1.82) is 0 Å². The first-order valence-electron chi connectivity index (χ1n) is 9.91. The van der Waals surface area contributed by atoms with Gasteiger partial charge in [0.05, 0.1) is 6.61 Å². The van der Waals surface area contributed by atoms with Gasteiger partial charge >= 0.3 is 6.09 Å². The van der Waals surface area contributed by atoms with Gasteiger partial charge in [-0.05, 0) is 69.4 Å². The summed E-state index contributed by atoms with van der Waals surface area (Å²) in [6.07, 6.45) is 1.38. The van der Waals surface area contributed by atoms with Gasteiger partial charge in [-0.2, -0.15) is 0 Å². The van der Waals surface area contributed by atoms with Crippen molar-refractivity contribution in [3.8, 4) is 22.6 Å². The van der Waals surface area contributed by atoms with Gasteiger partial charge in [-0.15, -0.1) is 0 Å². The summed E-state index contributed by atoms with van der Waals surface area (Å²) in [5, 5.41) is 9.36. The molecule has 2 aromatic carbocycles. The molecule has 2 aromatic rings. The molecule has 1 aliphatic heterocycles. The molecule has 0 radical (unpaired) electrons. The van der Waals surface area contributed by atoms with E-state index in [1.807, 2.05) is 20.8 Å². The van der Waals surface area contributed by atoms with E-state index in [9.17, 15) is 14.3 Å². The van der Waals surface area contributed by atoms with Crippen LogP contribution in [0.3, 0.4) is 0 Å². The van der Waals surface area contributed by atoms with Crippen LogP contribution >= 0.6 is 0 Å². The van der Waals surface area contributed by atoms with Crippen LogP contribution in [0.1, 0.15) is 33.6 Å². The smallest absolute Gasteiger partial charge is 0.410 e. The van der Waals surface area contributed by atoms with Gasteiger partial charge in [0.2, 0.25) is 0 Å². The second-order valence-electron chi connectivity index (χ2n) is 8.41. The quantitative estimate of drug-likeness (QED) is 0.763. The Bertz CT molecular complexity index is 837. The van der Waals surface area contributed by atoms with Crippen molar-refractivity contribution in [1.82, 2.24) is 4.90 Å². The highest BCUT2D eigenvalue weighted by Crippen LogP contribution is 2.28. The van der Waals surface area contributed by atoms with Crippen molar-refractivity contribution in [2.45, 2.75) is 39.2 Å². The van der Waals surface area contributed by atoms with E-state index < -0.39 is 5.60 Å². The van der Waals surface area contributed by atoms with E-state index in [-0.39, 0.29) is 17.7 Å². The van der Waals surface area contributed by atoms with Crippen LogP contribution in [0.2, 0.25) is 0 Å². The molecule has 3 rings (SSSR count). The fourth-order valence-electron chi connectivity index (χ4n) is 3.28. The van der Waals surface area contributed by atoms with Crippen LogP contribution in [0.25, 0.3) is 11.1 Å². The minimum absolute atomic E-state index is 0.145. The normalized spacial score (nSPS) is 15.2. The summed E-state index contributed by atoms with van der Waals surface area (Å²) in [7, 11) is 0. The highest BCUT2D eigenvalue weighted by molar-refractivity contribution is 5.68. The maximum atomic E-state index is 14.5. The highest BCUT2D eigenvalue weighted by Gasteiger charge is 2.27. The fourth-order valence-corrected chi connectivity index (χ4v) is 3.28. The monoisotopic (exact) mass is 401 g/mol. The second-order valence-corrected chi connectivity index (χ2v) is 8.41. The molecule has 0 saturated carbocycles. The summed E-state index contributed by atoms with van der Waals surface area (Å²) < 4.78 is 25.7. The van der Waals surface area contributed by atoms with Crippen LogP contribution < -0.4 is 4.74 Å². The van der Waals surface area contributed by atoms with E-state index in [0.29, 0.717) is 42.5 Å². The van der Waals surface area contributed by atoms with Crippen molar-refractivity contribution in [3.63, 3.8) is 0 Å². The number of amides is 1. The third-order valence-corrected chi connectivity index (χ3v) is 4.87. The first-order chi connectivity index (χ1) is 13.7. The molecule has 6 heteroatoms. The van der Waals surface area contributed by atoms with Crippen molar-refractivity contribution >= 4 is 6.09 Å². The highest BCUT2D eigenvalue weighted by atomic mass is 19.1. The van der Waals surface area contributed by atoms with Gasteiger partial charge in [0.1, 0.15) is 22.9 Å². The molecule has 156 valence electrons. The zero-order valence-electron chi connectivity index (χ0n) is 17.2. The van der Waals surface area contributed by atoms with Gasteiger partial charge < -0.3 is 19.5 Å². The molecular weight excluding hydrogens is 373 g/mol. The number of hydrogen-bond donors (Lipinski definition) is 1. The Labute approximate surface area is 171 Å². The molecular formula is C23H28FNO4. The number of carbonyl (C=O) groups excluding carboxylic acids is 1. The first kappa shape index (κ1) is 21.0. The Morgan fingerprint density at radius 1 is 1.14 bits per heavy atom. The van der Waals surface area contributed by atoms with Crippen LogP contribution in [0, 0.1) is 11.7 Å². The van der Waals surface area contributed by atoms with Crippen molar-refractivity contribution in [2.24, 2.45) is 5.92 Å². The van der Waals surface area contributed by atoms with Crippen LogP contribution in [-0.4, -0.2) is 41.4 Å². The summed E-state index contributed by atoms with van der Waals surface area (Å²) in [5.74, 6) is 0.577. The largest absolute Gasteiger partial charge is 0.508 e. The third-order valence-electron chi connectivity index (χ3n) is 4.87. The van der Waals surface area contributed by atoms with Crippen LogP contribution in [0.15, 0.2) is 42.5 Å². The Kier molecular flexibility index (Phi) is 6.30. The number of halogens is 1. The number of phenolic OH excluding ortho intramolecular Hbond substituents is 1. The molecule has 1 saturated heterocycles. The average Bonchev–Trinajstić information content (AvgIpc) is 2.66. The number of carbonyl (C=O) groups is 1. The zero-order chi connectivity index (χ0) is 21.0. The van der Waals surface area contributed by atoms with Gasteiger partial charge in [0.25, 0.3) is 0 Å². The molecule has 1 amide bonds. The van der Waals surface area contributed by atoms with Crippen LogP contribution in [-0.2, 0) is 4.74 Å². The van der Waals surface area contributed by atoms with Gasteiger partial charge in [0.15, 0.2) is 0 Å². The Hall–Kier alpha value is -2.76. The molecule has 0 aliphatic carbocycles. The molecule has 1 heterocycles. The number of piperidine rings is 1. The molecule has 29 heavy (non-hydrogen) atoms. The third kappa shape index (κ3) is 5.86. The number of likely N-dealkylation sites (tertiary alicyclic amines) is 1. The molecule has 5 nitrogen and oxygen atoms in total. The fraction of sp³-hybridized carbons (Fsp3) is 0.435.